The summed E-state index contributed by atoms with van der Waals surface area (Å²) in [5.74, 6) is 1.21. The molecule has 0 radical (unpaired) electrons. The van der Waals surface area contributed by atoms with Crippen LogP contribution in [0.15, 0.2) is 60.7 Å². The average Bonchev–Trinajstić information content (AvgIpc) is 3.64. The summed E-state index contributed by atoms with van der Waals surface area (Å²) in [6, 6.07) is 11.7. The Morgan fingerprint density at radius 3 is 2.51 bits per heavy atom. The van der Waals surface area contributed by atoms with E-state index in [4.69, 9.17) is 33.5 Å². The SMILES string of the molecule is CNC(=O)C(CCC=O)N1CCOc2c(C3CCC(N4CCC(n5cc(C(/C=C(\N)c6cccc(Cl)c6O)=C(N)N)cn5)CC4)CC3)cccc21. The molecule has 13 heteroatoms. The zero-order chi connectivity index (χ0) is 36.1. The number of phenols is 1. The van der Waals surface area contributed by atoms with Crippen molar-refractivity contribution in [3.63, 3.8) is 0 Å². The number of aromatic hydroxyl groups is 1. The maximum Gasteiger partial charge on any atom is 0.242 e. The van der Waals surface area contributed by atoms with Crippen molar-refractivity contribution in [1.82, 2.24) is 20.0 Å². The second-order valence-electron chi connectivity index (χ2n) is 13.7. The number of benzene rings is 2. The molecule has 6 rings (SSSR count). The number of fused-ring (bicyclic) bond motifs is 1. The zero-order valence-electron chi connectivity index (χ0n) is 29.1. The van der Waals surface area contributed by atoms with Gasteiger partial charge in [0.2, 0.25) is 5.91 Å². The number of halogens is 1. The molecular weight excluding hydrogens is 668 g/mol. The number of amides is 1. The number of carbonyl (C=O) groups excluding carboxylic acids is 2. The van der Waals surface area contributed by atoms with Crippen LogP contribution in [0.3, 0.4) is 0 Å². The summed E-state index contributed by atoms with van der Waals surface area (Å²) in [4.78, 5) is 28.7. The van der Waals surface area contributed by atoms with Crippen molar-refractivity contribution in [2.75, 3.05) is 38.2 Å². The summed E-state index contributed by atoms with van der Waals surface area (Å²) in [7, 11) is 1.64. The van der Waals surface area contributed by atoms with E-state index >= 15 is 0 Å². The van der Waals surface area contributed by atoms with E-state index in [0.717, 1.165) is 74.9 Å². The van der Waals surface area contributed by atoms with Gasteiger partial charge in [-0.1, -0.05) is 29.8 Å². The van der Waals surface area contributed by atoms with E-state index in [0.29, 0.717) is 49.1 Å². The number of phenolic OH excluding ortho intramolecular Hbond substituents is 1. The van der Waals surface area contributed by atoms with Crippen LogP contribution in [-0.2, 0) is 9.59 Å². The number of carbonyl (C=O) groups is 2. The normalized spacial score (nSPS) is 20.6. The first-order valence-corrected chi connectivity index (χ1v) is 18.2. The number of likely N-dealkylation sites (tertiary alicyclic amines) is 1. The van der Waals surface area contributed by atoms with Crippen LogP contribution in [0, 0.1) is 0 Å². The highest BCUT2D eigenvalue weighted by Gasteiger charge is 2.35. The van der Waals surface area contributed by atoms with Gasteiger partial charge < -0.3 is 47.0 Å². The smallest absolute Gasteiger partial charge is 0.242 e. The maximum atomic E-state index is 12.8. The lowest BCUT2D eigenvalue weighted by molar-refractivity contribution is -0.122. The van der Waals surface area contributed by atoms with Gasteiger partial charge in [-0.05, 0) is 80.7 Å². The molecule has 0 bridgehead atoms. The molecule has 3 aliphatic rings. The van der Waals surface area contributed by atoms with E-state index in [9.17, 15) is 14.7 Å². The number of anilines is 1. The highest BCUT2D eigenvalue weighted by atomic mass is 35.5. The summed E-state index contributed by atoms with van der Waals surface area (Å²) in [5.41, 5.74) is 22.6. The molecule has 8 N–H and O–H groups in total. The maximum absolute atomic E-state index is 12.8. The Morgan fingerprint density at radius 2 is 1.80 bits per heavy atom. The number of nitrogens with two attached hydrogens (primary N) is 3. The van der Waals surface area contributed by atoms with Crippen molar-refractivity contribution in [1.29, 1.82) is 0 Å². The number of hydrogen-bond donors (Lipinski definition) is 5. The topological polar surface area (TPSA) is 178 Å². The van der Waals surface area contributed by atoms with Gasteiger partial charge >= 0.3 is 0 Å². The number of likely N-dealkylation sites (N-methyl/N-ethyl adjacent to an activating group) is 1. The number of aromatic nitrogens is 2. The molecule has 272 valence electrons. The monoisotopic (exact) mass is 716 g/mol. The van der Waals surface area contributed by atoms with Gasteiger partial charge in [0.25, 0.3) is 0 Å². The quantitative estimate of drug-likeness (QED) is 0.140. The molecule has 1 saturated heterocycles. The van der Waals surface area contributed by atoms with E-state index < -0.39 is 6.04 Å². The van der Waals surface area contributed by atoms with Gasteiger partial charge in [-0.3, -0.25) is 9.48 Å². The van der Waals surface area contributed by atoms with Gasteiger partial charge in [-0.25, -0.2) is 0 Å². The Labute approximate surface area is 304 Å². The molecule has 2 aliphatic heterocycles. The Hall–Kier alpha value is -4.68. The van der Waals surface area contributed by atoms with Crippen LogP contribution in [-0.4, -0.2) is 77.4 Å². The van der Waals surface area contributed by atoms with E-state index in [1.807, 2.05) is 16.9 Å². The van der Waals surface area contributed by atoms with Gasteiger partial charge in [-0.2, -0.15) is 5.10 Å². The van der Waals surface area contributed by atoms with Gasteiger partial charge in [0, 0.05) is 61.2 Å². The minimum absolute atomic E-state index is 0.0802. The number of piperidine rings is 1. The van der Waals surface area contributed by atoms with Gasteiger partial charge in [0.05, 0.1) is 29.5 Å². The van der Waals surface area contributed by atoms with Gasteiger partial charge in [0.1, 0.15) is 36.3 Å². The third-order valence-electron chi connectivity index (χ3n) is 10.7. The first kappa shape index (κ1) is 36.1. The summed E-state index contributed by atoms with van der Waals surface area (Å²) in [6.07, 6.45) is 13.4. The molecule has 1 aromatic heterocycles. The molecule has 3 heterocycles. The molecule has 1 aliphatic carbocycles. The lowest BCUT2D eigenvalue weighted by Gasteiger charge is -2.42. The fraction of sp³-hybridized carbons (Fsp3) is 0.447. The van der Waals surface area contributed by atoms with Crippen LogP contribution >= 0.6 is 11.6 Å². The van der Waals surface area contributed by atoms with Crippen LogP contribution in [0.5, 0.6) is 11.5 Å². The number of aldehydes is 1. The van der Waals surface area contributed by atoms with Crippen LogP contribution in [0.1, 0.15) is 80.0 Å². The van der Waals surface area contributed by atoms with E-state index in [1.54, 1.807) is 37.5 Å². The Balaban J connectivity index is 1.06. The number of allylic oxidation sites excluding steroid dienone is 2. The predicted molar refractivity (Wildman–Crippen MR) is 200 cm³/mol. The molecule has 0 spiro atoms. The van der Waals surface area contributed by atoms with Crippen molar-refractivity contribution in [2.24, 2.45) is 17.2 Å². The highest BCUT2D eigenvalue weighted by molar-refractivity contribution is 6.32. The first-order valence-electron chi connectivity index (χ1n) is 17.9. The Bertz CT molecular complexity index is 1770. The largest absolute Gasteiger partial charge is 0.506 e. The third-order valence-corrected chi connectivity index (χ3v) is 11.0. The second-order valence-corrected chi connectivity index (χ2v) is 14.1. The van der Waals surface area contributed by atoms with Crippen LogP contribution in [0.25, 0.3) is 11.3 Å². The summed E-state index contributed by atoms with van der Waals surface area (Å²) in [6.45, 7) is 3.11. The number of para-hydroxylation sites is 2. The second kappa shape index (κ2) is 16.1. The summed E-state index contributed by atoms with van der Waals surface area (Å²) >= 11 is 6.08. The molecule has 1 unspecified atom stereocenters. The molecular formula is C38H49ClN8O4. The average molecular weight is 717 g/mol. The number of hydrogen-bond acceptors (Lipinski definition) is 10. The Kier molecular flexibility index (Phi) is 11.4. The highest BCUT2D eigenvalue weighted by Crippen LogP contribution is 2.45. The van der Waals surface area contributed by atoms with Crippen LogP contribution < -0.4 is 32.2 Å². The zero-order valence-corrected chi connectivity index (χ0v) is 29.9. The van der Waals surface area contributed by atoms with Gasteiger partial charge in [0.15, 0.2) is 0 Å². The molecule has 1 saturated carbocycles. The lowest BCUT2D eigenvalue weighted by atomic mass is 9.80. The number of nitrogens with one attached hydrogen (secondary N) is 1. The van der Waals surface area contributed by atoms with E-state index in [-0.39, 0.29) is 34.2 Å². The van der Waals surface area contributed by atoms with E-state index in [1.165, 1.54) is 5.56 Å². The number of nitrogens with zero attached hydrogens (tertiary/aromatic N) is 4. The van der Waals surface area contributed by atoms with Crippen molar-refractivity contribution >= 4 is 40.8 Å². The molecule has 3 aromatic rings. The molecule has 51 heavy (non-hydrogen) atoms. The lowest BCUT2D eigenvalue weighted by Crippen LogP contribution is -2.49. The minimum atomic E-state index is -0.409. The number of rotatable bonds is 11. The fourth-order valence-electron chi connectivity index (χ4n) is 8.02. The summed E-state index contributed by atoms with van der Waals surface area (Å²) < 4.78 is 8.28. The van der Waals surface area contributed by atoms with Crippen molar-refractivity contribution in [3.8, 4) is 11.5 Å². The van der Waals surface area contributed by atoms with Gasteiger partial charge in [-0.15, -0.1) is 0 Å². The fourth-order valence-corrected chi connectivity index (χ4v) is 8.19. The van der Waals surface area contributed by atoms with Crippen molar-refractivity contribution < 1.29 is 19.4 Å². The number of ether oxygens (including phenoxy) is 1. The molecule has 12 nitrogen and oxygen atoms in total. The van der Waals surface area contributed by atoms with Crippen molar-refractivity contribution in [2.45, 2.75) is 75.4 Å². The Morgan fingerprint density at radius 1 is 1.06 bits per heavy atom. The molecule has 1 atom stereocenters. The van der Waals surface area contributed by atoms with E-state index in [2.05, 4.69) is 32.3 Å². The van der Waals surface area contributed by atoms with Crippen molar-refractivity contribution in [3.05, 3.63) is 82.4 Å². The third kappa shape index (κ3) is 7.82. The van der Waals surface area contributed by atoms with Crippen LogP contribution in [0.2, 0.25) is 5.02 Å². The predicted octanol–water partition coefficient (Wildman–Crippen LogP) is 4.48. The molecule has 2 fully saturated rings. The molecule has 1 amide bonds. The first-order chi connectivity index (χ1) is 24.7. The minimum Gasteiger partial charge on any atom is -0.506 e. The van der Waals surface area contributed by atoms with Crippen LogP contribution in [0.4, 0.5) is 5.69 Å². The molecule has 2 aromatic carbocycles. The summed E-state index contributed by atoms with van der Waals surface area (Å²) in [5, 5.41) is 18.0. The standard InChI is InChI=1S/C38H49ClN8O4/c1-43-38(50)34(9-4-19-48)46-18-20-51-36-28(5-3-8-33(36)46)24-10-12-26(13-11-24)45-16-14-27(15-17-45)47-23-25(22-44-47)30(37(41)42)21-32(40)29-6-2-7-31(39)35(29)49/h2-3,5-8,19,21-24,26-27,34,49H,4,9-18,20,40-42H2,1H3,(H,43,50)/b32-21-.